The molecule has 1 aliphatic carbocycles. The maximum absolute atomic E-state index is 12.8. The number of nitrogens with one attached hydrogen (secondary N) is 1. The lowest BCUT2D eigenvalue weighted by Crippen LogP contribution is -2.31. The lowest BCUT2D eigenvalue weighted by atomic mass is 9.75. The molecule has 0 aliphatic heterocycles. The fourth-order valence-electron chi connectivity index (χ4n) is 3.33. The Morgan fingerprint density at radius 1 is 1.03 bits per heavy atom. The third-order valence-corrected chi connectivity index (χ3v) is 5.03. The van der Waals surface area contributed by atoms with E-state index in [-0.39, 0.29) is 43.5 Å². The highest BCUT2D eigenvalue weighted by molar-refractivity contribution is 6.15. The molecule has 0 bridgehead atoms. The Morgan fingerprint density at radius 2 is 1.57 bits per heavy atom. The van der Waals surface area contributed by atoms with Gasteiger partial charge in [0.15, 0.2) is 0 Å². The Kier molecular flexibility index (Phi) is 11.7. The molecule has 172 valence electrons. The van der Waals surface area contributed by atoms with E-state index in [0.29, 0.717) is 37.7 Å². The SMILES string of the molecule is CCC(C)NC1=CC(=C(C(=O)OCCCCO)C(=O)OCCCCO)CC(C)(C)C1. The Bertz CT molecular complexity index is 597. The fourth-order valence-corrected chi connectivity index (χ4v) is 3.33. The first-order valence-corrected chi connectivity index (χ1v) is 11.0. The second-order valence-corrected chi connectivity index (χ2v) is 8.67. The Labute approximate surface area is 180 Å². The molecule has 3 N–H and O–H groups in total. The monoisotopic (exact) mass is 425 g/mol. The molecule has 0 saturated heterocycles. The zero-order valence-electron chi connectivity index (χ0n) is 19.0. The summed E-state index contributed by atoms with van der Waals surface area (Å²) in [6.45, 7) is 8.74. The van der Waals surface area contributed by atoms with Crippen LogP contribution in [0.3, 0.4) is 0 Å². The van der Waals surface area contributed by atoms with Crippen molar-refractivity contribution < 1.29 is 29.3 Å². The van der Waals surface area contributed by atoms with Gasteiger partial charge in [-0.25, -0.2) is 9.59 Å². The van der Waals surface area contributed by atoms with E-state index >= 15 is 0 Å². The lowest BCUT2D eigenvalue weighted by Gasteiger charge is -2.33. The number of rotatable bonds is 13. The molecule has 0 radical (unpaired) electrons. The number of carbonyl (C=O) groups is 2. The highest BCUT2D eigenvalue weighted by Gasteiger charge is 2.33. The number of hydrogen-bond donors (Lipinski definition) is 3. The van der Waals surface area contributed by atoms with Gasteiger partial charge in [-0.05, 0) is 68.9 Å². The van der Waals surface area contributed by atoms with Gasteiger partial charge in [-0.15, -0.1) is 0 Å². The van der Waals surface area contributed by atoms with E-state index in [1.54, 1.807) is 0 Å². The van der Waals surface area contributed by atoms with Gasteiger partial charge in [0, 0.05) is 25.0 Å². The average molecular weight is 426 g/mol. The zero-order chi connectivity index (χ0) is 22.6. The third kappa shape index (κ3) is 9.30. The van der Waals surface area contributed by atoms with Crippen molar-refractivity contribution in [1.82, 2.24) is 5.32 Å². The molecule has 0 saturated carbocycles. The molecule has 7 heteroatoms. The minimum Gasteiger partial charge on any atom is -0.462 e. The van der Waals surface area contributed by atoms with E-state index in [1.165, 1.54) is 0 Å². The number of unbranched alkanes of at least 4 members (excludes halogenated alkanes) is 2. The van der Waals surface area contributed by atoms with Crippen molar-refractivity contribution in [3.8, 4) is 0 Å². The Morgan fingerprint density at radius 3 is 2.03 bits per heavy atom. The second-order valence-electron chi connectivity index (χ2n) is 8.67. The minimum absolute atomic E-state index is 0.0277. The van der Waals surface area contributed by atoms with Crippen LogP contribution in [-0.2, 0) is 19.1 Å². The van der Waals surface area contributed by atoms with Crippen LogP contribution in [0, 0.1) is 5.41 Å². The van der Waals surface area contributed by atoms with Gasteiger partial charge in [-0.1, -0.05) is 20.8 Å². The van der Waals surface area contributed by atoms with Gasteiger partial charge in [0.05, 0.1) is 13.2 Å². The number of esters is 2. The van der Waals surface area contributed by atoms with Crippen molar-refractivity contribution in [2.75, 3.05) is 26.4 Å². The molecule has 0 aromatic carbocycles. The maximum atomic E-state index is 12.8. The second kappa shape index (κ2) is 13.4. The smallest absolute Gasteiger partial charge is 0.345 e. The van der Waals surface area contributed by atoms with Gasteiger partial charge in [-0.3, -0.25) is 0 Å². The fraction of sp³-hybridized carbons (Fsp3) is 0.739. The summed E-state index contributed by atoms with van der Waals surface area (Å²) in [5.74, 6) is -1.38. The summed E-state index contributed by atoms with van der Waals surface area (Å²) in [5.41, 5.74) is 1.43. The van der Waals surface area contributed by atoms with Crippen LogP contribution in [0.4, 0.5) is 0 Å². The molecule has 1 atom stereocenters. The van der Waals surface area contributed by atoms with Crippen LogP contribution in [0.5, 0.6) is 0 Å². The zero-order valence-corrected chi connectivity index (χ0v) is 19.0. The highest BCUT2D eigenvalue weighted by atomic mass is 16.6. The molecule has 1 unspecified atom stereocenters. The summed E-state index contributed by atoms with van der Waals surface area (Å²) >= 11 is 0. The van der Waals surface area contributed by atoms with Crippen LogP contribution in [-0.4, -0.2) is 54.6 Å². The van der Waals surface area contributed by atoms with E-state index in [4.69, 9.17) is 19.7 Å². The molecule has 0 spiro atoms. The molecule has 0 fully saturated rings. The van der Waals surface area contributed by atoms with Crippen molar-refractivity contribution in [3.05, 3.63) is 22.9 Å². The topological polar surface area (TPSA) is 105 Å². The first-order chi connectivity index (χ1) is 14.2. The van der Waals surface area contributed by atoms with Crippen LogP contribution in [0.25, 0.3) is 0 Å². The largest absolute Gasteiger partial charge is 0.462 e. The first-order valence-electron chi connectivity index (χ1n) is 11.0. The summed E-state index contributed by atoms with van der Waals surface area (Å²) in [7, 11) is 0. The number of aliphatic hydroxyl groups excluding tert-OH is 2. The predicted molar refractivity (Wildman–Crippen MR) is 116 cm³/mol. The standard InChI is InChI=1S/C23H39NO6/c1-5-17(2)24-19-14-18(15-23(3,4)16-19)20(21(27)29-12-8-6-10-25)22(28)30-13-9-7-11-26/h14,17,24-26H,5-13,15-16H2,1-4H3. The quantitative estimate of drug-likeness (QED) is 0.137. The summed E-state index contributed by atoms with van der Waals surface area (Å²) in [5, 5.41) is 21.3. The number of hydrogen-bond acceptors (Lipinski definition) is 7. The molecule has 0 aromatic heterocycles. The number of aliphatic hydroxyl groups is 2. The third-order valence-electron chi connectivity index (χ3n) is 5.03. The van der Waals surface area contributed by atoms with Crippen molar-refractivity contribution in [3.63, 3.8) is 0 Å². The van der Waals surface area contributed by atoms with Crippen LogP contribution < -0.4 is 5.32 Å². The number of allylic oxidation sites excluding steroid dienone is 3. The van der Waals surface area contributed by atoms with Gasteiger partial charge in [-0.2, -0.15) is 0 Å². The van der Waals surface area contributed by atoms with E-state index in [9.17, 15) is 9.59 Å². The summed E-state index contributed by atoms with van der Waals surface area (Å²) < 4.78 is 10.6. The molecule has 0 amide bonds. The van der Waals surface area contributed by atoms with Crippen LogP contribution in [0.1, 0.15) is 72.6 Å². The van der Waals surface area contributed by atoms with Gasteiger partial charge in [0.1, 0.15) is 5.57 Å². The minimum atomic E-state index is -0.688. The molecule has 1 aliphatic rings. The Balaban J connectivity index is 3.16. The van der Waals surface area contributed by atoms with Crippen LogP contribution in [0.15, 0.2) is 22.9 Å². The molecule has 7 nitrogen and oxygen atoms in total. The van der Waals surface area contributed by atoms with Gasteiger partial charge in [0.2, 0.25) is 0 Å². The lowest BCUT2D eigenvalue weighted by molar-refractivity contribution is -0.147. The van der Waals surface area contributed by atoms with Crippen molar-refractivity contribution in [1.29, 1.82) is 0 Å². The van der Waals surface area contributed by atoms with E-state index in [2.05, 4.69) is 33.0 Å². The normalized spacial score (nSPS) is 16.5. The molecule has 0 heterocycles. The van der Waals surface area contributed by atoms with Crippen LogP contribution >= 0.6 is 0 Å². The average Bonchev–Trinajstić information content (AvgIpc) is 2.67. The van der Waals surface area contributed by atoms with E-state index in [1.807, 2.05) is 6.08 Å². The number of ether oxygens (including phenoxy) is 2. The summed E-state index contributed by atoms with van der Waals surface area (Å²) in [4.78, 5) is 25.6. The van der Waals surface area contributed by atoms with Crippen molar-refractivity contribution in [2.24, 2.45) is 5.41 Å². The molecule has 1 rings (SSSR count). The summed E-state index contributed by atoms with van der Waals surface area (Å²) in [6.07, 6.45) is 6.34. The maximum Gasteiger partial charge on any atom is 0.345 e. The molecular weight excluding hydrogens is 386 g/mol. The van der Waals surface area contributed by atoms with Crippen molar-refractivity contribution >= 4 is 11.9 Å². The highest BCUT2D eigenvalue weighted by Crippen LogP contribution is 2.39. The van der Waals surface area contributed by atoms with Gasteiger partial charge in [0.25, 0.3) is 0 Å². The summed E-state index contributed by atoms with van der Waals surface area (Å²) in [6, 6.07) is 0.283. The number of carbonyl (C=O) groups excluding carboxylic acids is 2. The first kappa shape index (κ1) is 26.2. The van der Waals surface area contributed by atoms with E-state index < -0.39 is 11.9 Å². The van der Waals surface area contributed by atoms with Crippen molar-refractivity contribution in [2.45, 2.75) is 78.7 Å². The molecule has 0 aromatic rings. The molecule has 30 heavy (non-hydrogen) atoms. The van der Waals surface area contributed by atoms with Gasteiger partial charge < -0.3 is 25.0 Å². The predicted octanol–water partition coefficient (Wildman–Crippen LogP) is 3.01. The molecular formula is C23H39NO6. The van der Waals surface area contributed by atoms with Crippen LogP contribution in [0.2, 0.25) is 0 Å². The van der Waals surface area contributed by atoms with E-state index in [0.717, 1.165) is 18.5 Å². The van der Waals surface area contributed by atoms with Gasteiger partial charge >= 0.3 is 11.9 Å². The Hall–Kier alpha value is -1.86.